The van der Waals surface area contributed by atoms with Crippen molar-refractivity contribution in [1.82, 2.24) is 5.06 Å². The molecule has 0 aliphatic heterocycles. The normalized spacial score (nSPS) is 38.7. The first-order valence-corrected chi connectivity index (χ1v) is 8.53. The molecule has 2 fully saturated rings. The molecule has 2 rings (SSSR count). The van der Waals surface area contributed by atoms with E-state index in [2.05, 4.69) is 27.7 Å². The molecular formula is C18H33NO2. The van der Waals surface area contributed by atoms with E-state index in [4.69, 9.17) is 4.84 Å². The number of amides is 1. The smallest absolute Gasteiger partial charge is 0.246 e. The standard InChI is InChI=1S/C18H33NO2/c1-13-8-9-15-17(2,3)10-7-11-18(15,4)14(13)12-16(20)19(5)21-6/h13-15H,7-12H2,1-6H3. The minimum Gasteiger partial charge on any atom is -0.275 e. The Morgan fingerprint density at radius 1 is 1.24 bits per heavy atom. The van der Waals surface area contributed by atoms with Crippen LogP contribution in [0.15, 0.2) is 0 Å². The number of hydrogen-bond donors (Lipinski definition) is 0. The summed E-state index contributed by atoms with van der Waals surface area (Å²) in [6.45, 7) is 9.67. The minimum atomic E-state index is 0.125. The lowest BCUT2D eigenvalue weighted by Gasteiger charge is -2.59. The first-order valence-electron chi connectivity index (χ1n) is 8.53. The van der Waals surface area contributed by atoms with E-state index in [0.29, 0.717) is 29.1 Å². The molecule has 0 bridgehead atoms. The van der Waals surface area contributed by atoms with Crippen LogP contribution in [0.4, 0.5) is 0 Å². The summed E-state index contributed by atoms with van der Waals surface area (Å²) in [4.78, 5) is 17.4. The highest BCUT2D eigenvalue weighted by molar-refractivity contribution is 5.75. The molecule has 4 unspecified atom stereocenters. The molecule has 0 N–H and O–H groups in total. The zero-order chi connectivity index (χ0) is 15.8. The van der Waals surface area contributed by atoms with Gasteiger partial charge >= 0.3 is 0 Å². The van der Waals surface area contributed by atoms with Crippen molar-refractivity contribution in [3.05, 3.63) is 0 Å². The Labute approximate surface area is 130 Å². The van der Waals surface area contributed by atoms with E-state index in [9.17, 15) is 4.79 Å². The van der Waals surface area contributed by atoms with E-state index in [-0.39, 0.29) is 5.91 Å². The Hall–Kier alpha value is -0.570. The molecular weight excluding hydrogens is 262 g/mol. The van der Waals surface area contributed by atoms with Crippen molar-refractivity contribution in [2.45, 2.75) is 66.2 Å². The van der Waals surface area contributed by atoms with Crippen molar-refractivity contribution in [3.63, 3.8) is 0 Å². The molecule has 3 nitrogen and oxygen atoms in total. The molecule has 0 radical (unpaired) electrons. The summed E-state index contributed by atoms with van der Waals surface area (Å²) < 4.78 is 0. The van der Waals surface area contributed by atoms with Crippen molar-refractivity contribution in [3.8, 4) is 0 Å². The van der Waals surface area contributed by atoms with Crippen molar-refractivity contribution in [2.75, 3.05) is 14.2 Å². The first-order chi connectivity index (χ1) is 9.72. The van der Waals surface area contributed by atoms with Crippen LogP contribution in [0.5, 0.6) is 0 Å². The third-order valence-electron chi connectivity index (χ3n) is 6.74. The fourth-order valence-electron chi connectivity index (χ4n) is 5.46. The topological polar surface area (TPSA) is 29.5 Å². The summed E-state index contributed by atoms with van der Waals surface area (Å²) in [7, 11) is 3.29. The average molecular weight is 295 g/mol. The van der Waals surface area contributed by atoms with Gasteiger partial charge in [0.15, 0.2) is 0 Å². The maximum Gasteiger partial charge on any atom is 0.246 e. The van der Waals surface area contributed by atoms with Gasteiger partial charge in [0.25, 0.3) is 0 Å². The zero-order valence-electron chi connectivity index (χ0n) is 14.7. The van der Waals surface area contributed by atoms with Gasteiger partial charge in [-0.25, -0.2) is 5.06 Å². The molecule has 122 valence electrons. The number of nitrogens with zero attached hydrogens (tertiary/aromatic N) is 1. The third-order valence-corrected chi connectivity index (χ3v) is 6.74. The molecule has 0 aromatic heterocycles. The Bertz CT molecular complexity index is 393. The van der Waals surface area contributed by atoms with Crippen LogP contribution in [-0.2, 0) is 9.63 Å². The SMILES string of the molecule is CON(C)C(=O)CC1C(C)CCC2C(C)(C)CCCC12C. The van der Waals surface area contributed by atoms with Gasteiger partial charge in [0.2, 0.25) is 5.91 Å². The highest BCUT2D eigenvalue weighted by Gasteiger charge is 2.54. The van der Waals surface area contributed by atoms with Gasteiger partial charge in [-0.05, 0) is 47.8 Å². The highest BCUT2D eigenvalue weighted by Crippen LogP contribution is 2.61. The van der Waals surface area contributed by atoms with E-state index in [1.165, 1.54) is 37.2 Å². The highest BCUT2D eigenvalue weighted by atomic mass is 16.7. The summed E-state index contributed by atoms with van der Waals surface area (Å²) in [6, 6.07) is 0. The van der Waals surface area contributed by atoms with E-state index in [1.807, 2.05) is 0 Å². The van der Waals surface area contributed by atoms with E-state index >= 15 is 0 Å². The fraction of sp³-hybridized carbons (Fsp3) is 0.944. The van der Waals surface area contributed by atoms with Crippen LogP contribution >= 0.6 is 0 Å². The van der Waals surface area contributed by atoms with E-state index < -0.39 is 0 Å². The number of carbonyl (C=O) groups is 1. The largest absolute Gasteiger partial charge is 0.275 e. The Morgan fingerprint density at radius 2 is 1.90 bits per heavy atom. The number of fused-ring (bicyclic) bond motifs is 1. The van der Waals surface area contributed by atoms with Crippen LogP contribution in [0.25, 0.3) is 0 Å². The second kappa shape index (κ2) is 5.91. The molecule has 4 atom stereocenters. The van der Waals surface area contributed by atoms with Crippen LogP contribution < -0.4 is 0 Å². The first kappa shape index (κ1) is 16.8. The molecule has 3 heteroatoms. The monoisotopic (exact) mass is 295 g/mol. The second-order valence-corrected chi connectivity index (χ2v) is 8.34. The molecule has 1 amide bonds. The van der Waals surface area contributed by atoms with Crippen molar-refractivity contribution in [2.24, 2.45) is 28.6 Å². The Kier molecular flexibility index (Phi) is 4.72. The summed E-state index contributed by atoms with van der Waals surface area (Å²) in [6.07, 6.45) is 7.14. The van der Waals surface area contributed by atoms with Gasteiger partial charge in [-0.2, -0.15) is 0 Å². The van der Waals surface area contributed by atoms with Crippen LogP contribution in [0.2, 0.25) is 0 Å². The number of hydrogen-bond acceptors (Lipinski definition) is 2. The van der Waals surface area contributed by atoms with Gasteiger partial charge in [-0.3, -0.25) is 9.63 Å². The van der Waals surface area contributed by atoms with Crippen LogP contribution in [0, 0.1) is 28.6 Å². The van der Waals surface area contributed by atoms with Gasteiger partial charge in [-0.15, -0.1) is 0 Å². The lowest BCUT2D eigenvalue weighted by atomic mass is 9.46. The van der Waals surface area contributed by atoms with Gasteiger partial charge in [0.1, 0.15) is 0 Å². The van der Waals surface area contributed by atoms with Gasteiger partial charge in [0, 0.05) is 13.5 Å². The summed E-state index contributed by atoms with van der Waals surface area (Å²) in [5.41, 5.74) is 0.727. The molecule has 0 aromatic carbocycles. The van der Waals surface area contributed by atoms with Crippen molar-refractivity contribution >= 4 is 5.91 Å². The van der Waals surface area contributed by atoms with Crippen LogP contribution in [0.1, 0.15) is 66.2 Å². The fourth-order valence-corrected chi connectivity index (χ4v) is 5.46. The van der Waals surface area contributed by atoms with Gasteiger partial charge in [-0.1, -0.05) is 40.5 Å². The quantitative estimate of drug-likeness (QED) is 0.727. The number of carbonyl (C=O) groups excluding carboxylic acids is 1. The Balaban J connectivity index is 2.23. The molecule has 0 saturated heterocycles. The second-order valence-electron chi connectivity index (χ2n) is 8.34. The van der Waals surface area contributed by atoms with E-state index in [1.54, 1.807) is 14.2 Å². The summed E-state index contributed by atoms with van der Waals surface area (Å²) in [5.74, 6) is 2.00. The average Bonchev–Trinajstić information content (AvgIpc) is 2.40. The lowest BCUT2D eigenvalue weighted by Crippen LogP contribution is -2.52. The lowest BCUT2D eigenvalue weighted by molar-refractivity contribution is -0.175. The molecule has 0 heterocycles. The van der Waals surface area contributed by atoms with Crippen LogP contribution in [-0.4, -0.2) is 25.1 Å². The van der Waals surface area contributed by atoms with Crippen molar-refractivity contribution < 1.29 is 9.63 Å². The molecule has 0 aromatic rings. The predicted molar refractivity (Wildman–Crippen MR) is 85.5 cm³/mol. The van der Waals surface area contributed by atoms with Crippen molar-refractivity contribution in [1.29, 1.82) is 0 Å². The molecule has 21 heavy (non-hydrogen) atoms. The van der Waals surface area contributed by atoms with Gasteiger partial charge in [0.05, 0.1) is 7.11 Å². The van der Waals surface area contributed by atoms with Gasteiger partial charge < -0.3 is 0 Å². The molecule has 2 aliphatic carbocycles. The maximum atomic E-state index is 12.4. The number of hydroxylamine groups is 2. The molecule has 2 aliphatic rings. The maximum absolute atomic E-state index is 12.4. The summed E-state index contributed by atoms with van der Waals surface area (Å²) in [5, 5.41) is 1.40. The Morgan fingerprint density at radius 3 is 2.52 bits per heavy atom. The molecule has 0 spiro atoms. The minimum absolute atomic E-state index is 0.125. The summed E-state index contributed by atoms with van der Waals surface area (Å²) >= 11 is 0. The number of rotatable bonds is 3. The predicted octanol–water partition coefficient (Wildman–Crippen LogP) is 4.28. The zero-order valence-corrected chi connectivity index (χ0v) is 14.7. The van der Waals surface area contributed by atoms with Crippen LogP contribution in [0.3, 0.4) is 0 Å². The molecule has 2 saturated carbocycles. The van der Waals surface area contributed by atoms with E-state index in [0.717, 1.165) is 5.92 Å². The third kappa shape index (κ3) is 2.99.